The van der Waals surface area contributed by atoms with Crippen LogP contribution in [0.5, 0.6) is 0 Å². The van der Waals surface area contributed by atoms with Gasteiger partial charge >= 0.3 is 0 Å². The van der Waals surface area contributed by atoms with Gasteiger partial charge in [-0.25, -0.2) is 0 Å². The fourth-order valence-corrected chi connectivity index (χ4v) is 2.79. The van der Waals surface area contributed by atoms with Gasteiger partial charge in [0.1, 0.15) is 0 Å². The number of nitrogens with one attached hydrogen (secondary N) is 2. The SMILES string of the molecule is CC[C@H](C)NC(=O)c1ccccc1NC(=O)C1CCCCC1. The predicted molar refractivity (Wildman–Crippen MR) is 88.9 cm³/mol. The van der Waals surface area contributed by atoms with E-state index in [0.717, 1.165) is 32.1 Å². The van der Waals surface area contributed by atoms with Gasteiger partial charge in [-0.1, -0.05) is 38.3 Å². The first-order valence-electron chi connectivity index (χ1n) is 8.32. The predicted octanol–water partition coefficient (Wildman–Crippen LogP) is 3.73. The van der Waals surface area contributed by atoms with Crippen molar-refractivity contribution in [1.82, 2.24) is 5.32 Å². The molecule has 1 aliphatic rings. The lowest BCUT2D eigenvalue weighted by Crippen LogP contribution is -2.33. The summed E-state index contributed by atoms with van der Waals surface area (Å²) in [5, 5.41) is 5.90. The summed E-state index contributed by atoms with van der Waals surface area (Å²) < 4.78 is 0. The lowest BCUT2D eigenvalue weighted by atomic mass is 9.88. The zero-order valence-electron chi connectivity index (χ0n) is 13.5. The van der Waals surface area contributed by atoms with Crippen LogP contribution in [-0.4, -0.2) is 17.9 Å². The average molecular weight is 302 g/mol. The second kappa shape index (κ2) is 7.97. The Morgan fingerprint density at radius 3 is 2.55 bits per heavy atom. The van der Waals surface area contributed by atoms with Crippen molar-refractivity contribution in [3.8, 4) is 0 Å². The largest absolute Gasteiger partial charge is 0.350 e. The third-order valence-corrected chi connectivity index (χ3v) is 4.40. The summed E-state index contributed by atoms with van der Waals surface area (Å²) >= 11 is 0. The minimum Gasteiger partial charge on any atom is -0.350 e. The number of carbonyl (C=O) groups excluding carboxylic acids is 2. The molecule has 0 saturated heterocycles. The van der Waals surface area contributed by atoms with Gasteiger partial charge in [0.15, 0.2) is 0 Å². The Labute approximate surface area is 132 Å². The number of para-hydroxylation sites is 1. The molecule has 1 aromatic carbocycles. The van der Waals surface area contributed by atoms with Crippen LogP contribution in [0.15, 0.2) is 24.3 Å². The van der Waals surface area contributed by atoms with Crippen LogP contribution in [0.25, 0.3) is 0 Å². The molecule has 0 unspecified atom stereocenters. The van der Waals surface area contributed by atoms with Gasteiger partial charge in [0.25, 0.3) is 5.91 Å². The monoisotopic (exact) mass is 302 g/mol. The number of hydrogen-bond donors (Lipinski definition) is 2. The van der Waals surface area contributed by atoms with Crippen LogP contribution in [-0.2, 0) is 4.79 Å². The highest BCUT2D eigenvalue weighted by molar-refractivity contribution is 6.04. The van der Waals surface area contributed by atoms with E-state index in [9.17, 15) is 9.59 Å². The van der Waals surface area contributed by atoms with Crippen LogP contribution in [0.3, 0.4) is 0 Å². The molecule has 4 heteroatoms. The molecule has 4 nitrogen and oxygen atoms in total. The molecule has 2 N–H and O–H groups in total. The maximum absolute atomic E-state index is 12.4. The fraction of sp³-hybridized carbons (Fsp3) is 0.556. The van der Waals surface area contributed by atoms with E-state index in [1.807, 2.05) is 26.0 Å². The molecule has 0 aromatic heterocycles. The molecule has 0 bridgehead atoms. The smallest absolute Gasteiger partial charge is 0.253 e. The summed E-state index contributed by atoms with van der Waals surface area (Å²) in [7, 11) is 0. The Kier molecular flexibility index (Phi) is 5.99. The first-order valence-corrected chi connectivity index (χ1v) is 8.32. The van der Waals surface area contributed by atoms with Gasteiger partial charge in [0.05, 0.1) is 11.3 Å². The van der Waals surface area contributed by atoms with Crippen LogP contribution < -0.4 is 10.6 Å². The van der Waals surface area contributed by atoms with Crippen LogP contribution >= 0.6 is 0 Å². The van der Waals surface area contributed by atoms with Crippen molar-refractivity contribution in [2.75, 3.05) is 5.32 Å². The molecule has 120 valence electrons. The Hall–Kier alpha value is -1.84. The quantitative estimate of drug-likeness (QED) is 0.870. The van der Waals surface area contributed by atoms with Crippen molar-refractivity contribution >= 4 is 17.5 Å². The first-order chi connectivity index (χ1) is 10.6. The standard InChI is InChI=1S/C18H26N2O2/c1-3-13(2)19-18(22)15-11-7-8-12-16(15)20-17(21)14-9-5-4-6-10-14/h7-8,11-14H,3-6,9-10H2,1-2H3,(H,19,22)(H,20,21)/t13-/m0/s1. The van der Waals surface area contributed by atoms with Crippen molar-refractivity contribution in [2.45, 2.75) is 58.4 Å². The van der Waals surface area contributed by atoms with Crippen molar-refractivity contribution in [1.29, 1.82) is 0 Å². The molecule has 2 amide bonds. The molecule has 1 aromatic rings. The number of anilines is 1. The Bertz CT molecular complexity index is 522. The molecule has 0 aliphatic heterocycles. The molecule has 2 rings (SSSR count). The summed E-state index contributed by atoms with van der Waals surface area (Å²) in [6.07, 6.45) is 6.24. The molecule has 1 aliphatic carbocycles. The summed E-state index contributed by atoms with van der Waals surface area (Å²) in [6.45, 7) is 4.00. The molecule has 22 heavy (non-hydrogen) atoms. The van der Waals surface area contributed by atoms with Crippen molar-refractivity contribution < 1.29 is 9.59 Å². The highest BCUT2D eigenvalue weighted by atomic mass is 16.2. The third-order valence-electron chi connectivity index (χ3n) is 4.40. The van der Waals surface area contributed by atoms with Crippen molar-refractivity contribution in [3.63, 3.8) is 0 Å². The van der Waals surface area contributed by atoms with Gasteiger partial charge in [-0.3, -0.25) is 9.59 Å². The minimum absolute atomic E-state index is 0.0449. The molecular formula is C18H26N2O2. The molecule has 1 fully saturated rings. The van der Waals surface area contributed by atoms with E-state index in [0.29, 0.717) is 11.3 Å². The zero-order chi connectivity index (χ0) is 15.9. The van der Waals surface area contributed by atoms with E-state index in [-0.39, 0.29) is 23.8 Å². The fourth-order valence-electron chi connectivity index (χ4n) is 2.79. The van der Waals surface area contributed by atoms with Crippen LogP contribution in [0.4, 0.5) is 5.69 Å². The summed E-state index contributed by atoms with van der Waals surface area (Å²) in [5.74, 6) is -0.00295. The maximum atomic E-state index is 12.4. The Morgan fingerprint density at radius 2 is 1.86 bits per heavy atom. The second-order valence-electron chi connectivity index (χ2n) is 6.15. The van der Waals surface area contributed by atoms with Gasteiger partial charge in [-0.05, 0) is 38.3 Å². The van der Waals surface area contributed by atoms with Crippen molar-refractivity contribution in [3.05, 3.63) is 29.8 Å². The maximum Gasteiger partial charge on any atom is 0.253 e. The minimum atomic E-state index is -0.131. The lowest BCUT2D eigenvalue weighted by Gasteiger charge is -2.21. The highest BCUT2D eigenvalue weighted by Gasteiger charge is 2.22. The molecule has 0 radical (unpaired) electrons. The topological polar surface area (TPSA) is 58.2 Å². The average Bonchev–Trinajstić information content (AvgIpc) is 2.55. The summed E-state index contributed by atoms with van der Waals surface area (Å²) in [6, 6.07) is 7.34. The Balaban J connectivity index is 2.07. The number of benzene rings is 1. The van der Waals surface area contributed by atoms with Crippen LogP contribution in [0.2, 0.25) is 0 Å². The lowest BCUT2D eigenvalue weighted by molar-refractivity contribution is -0.120. The Morgan fingerprint density at radius 1 is 1.18 bits per heavy atom. The third kappa shape index (κ3) is 4.33. The number of rotatable bonds is 5. The number of hydrogen-bond acceptors (Lipinski definition) is 2. The van der Waals surface area contributed by atoms with Crippen molar-refractivity contribution in [2.24, 2.45) is 5.92 Å². The number of amides is 2. The van der Waals surface area contributed by atoms with E-state index in [4.69, 9.17) is 0 Å². The first kappa shape index (κ1) is 16.5. The van der Waals surface area contributed by atoms with Gasteiger partial charge in [-0.15, -0.1) is 0 Å². The normalized spacial score (nSPS) is 16.8. The van der Waals surface area contributed by atoms with E-state index in [2.05, 4.69) is 10.6 Å². The second-order valence-corrected chi connectivity index (χ2v) is 6.15. The van der Waals surface area contributed by atoms with E-state index >= 15 is 0 Å². The molecule has 0 heterocycles. The highest BCUT2D eigenvalue weighted by Crippen LogP contribution is 2.25. The van der Waals surface area contributed by atoms with E-state index in [1.54, 1.807) is 12.1 Å². The van der Waals surface area contributed by atoms with E-state index in [1.165, 1.54) is 6.42 Å². The van der Waals surface area contributed by atoms with Gasteiger partial charge in [-0.2, -0.15) is 0 Å². The zero-order valence-corrected chi connectivity index (χ0v) is 13.5. The molecule has 1 saturated carbocycles. The molecular weight excluding hydrogens is 276 g/mol. The van der Waals surface area contributed by atoms with Gasteiger partial charge < -0.3 is 10.6 Å². The van der Waals surface area contributed by atoms with Crippen LogP contribution in [0.1, 0.15) is 62.7 Å². The summed E-state index contributed by atoms with van der Waals surface area (Å²) in [5.41, 5.74) is 1.14. The van der Waals surface area contributed by atoms with E-state index < -0.39 is 0 Å². The molecule has 0 spiro atoms. The van der Waals surface area contributed by atoms with Crippen LogP contribution in [0, 0.1) is 5.92 Å². The molecule has 1 atom stereocenters. The summed E-state index contributed by atoms with van der Waals surface area (Å²) in [4.78, 5) is 24.7. The van der Waals surface area contributed by atoms with Gasteiger partial charge in [0.2, 0.25) is 5.91 Å². The van der Waals surface area contributed by atoms with Gasteiger partial charge in [0, 0.05) is 12.0 Å². The number of carbonyl (C=O) groups is 2.